The van der Waals surface area contributed by atoms with Gasteiger partial charge < -0.3 is 15.2 Å². The normalized spacial score (nSPS) is 12.0. The van der Waals surface area contributed by atoms with Crippen LogP contribution in [-0.4, -0.2) is 45.8 Å². The van der Waals surface area contributed by atoms with E-state index in [9.17, 15) is 0 Å². The SMILES string of the molecule is CSCCCNC(=NCc1nnc(C)n1C)NCCCC(C)C. The van der Waals surface area contributed by atoms with Gasteiger partial charge in [-0.05, 0) is 44.1 Å². The smallest absolute Gasteiger partial charge is 0.191 e. The molecule has 0 unspecified atom stereocenters. The fourth-order valence-corrected chi connectivity index (χ4v) is 2.49. The van der Waals surface area contributed by atoms with Crippen molar-refractivity contribution in [2.24, 2.45) is 18.0 Å². The molecule has 23 heavy (non-hydrogen) atoms. The summed E-state index contributed by atoms with van der Waals surface area (Å²) in [7, 11) is 1.97. The minimum atomic E-state index is 0.541. The molecule has 7 heteroatoms. The molecular weight excluding hydrogens is 308 g/mol. The number of nitrogens with one attached hydrogen (secondary N) is 2. The van der Waals surface area contributed by atoms with E-state index < -0.39 is 0 Å². The molecule has 0 radical (unpaired) electrons. The first kappa shape index (κ1) is 19.8. The fourth-order valence-electron chi connectivity index (χ4n) is 2.05. The average molecular weight is 341 g/mol. The van der Waals surface area contributed by atoms with Gasteiger partial charge >= 0.3 is 0 Å². The van der Waals surface area contributed by atoms with Crippen molar-refractivity contribution < 1.29 is 0 Å². The van der Waals surface area contributed by atoms with E-state index in [0.29, 0.717) is 6.54 Å². The molecule has 132 valence electrons. The molecule has 0 aromatic carbocycles. The van der Waals surface area contributed by atoms with Gasteiger partial charge in [0.25, 0.3) is 0 Å². The van der Waals surface area contributed by atoms with E-state index >= 15 is 0 Å². The lowest BCUT2D eigenvalue weighted by atomic mass is 10.1. The van der Waals surface area contributed by atoms with Gasteiger partial charge in [-0.2, -0.15) is 11.8 Å². The van der Waals surface area contributed by atoms with Crippen LogP contribution in [0.1, 0.15) is 44.8 Å². The van der Waals surface area contributed by atoms with Crippen LogP contribution >= 0.6 is 11.8 Å². The predicted octanol–water partition coefficient (Wildman–Crippen LogP) is 2.35. The van der Waals surface area contributed by atoms with Crippen LogP contribution in [0.15, 0.2) is 4.99 Å². The molecule has 1 aromatic rings. The first-order valence-corrected chi connectivity index (χ1v) is 9.80. The third kappa shape index (κ3) is 8.25. The maximum Gasteiger partial charge on any atom is 0.191 e. The van der Waals surface area contributed by atoms with Crippen LogP contribution in [0.5, 0.6) is 0 Å². The zero-order valence-corrected chi connectivity index (χ0v) is 16.0. The van der Waals surface area contributed by atoms with Gasteiger partial charge in [-0.25, -0.2) is 4.99 Å². The molecule has 1 aromatic heterocycles. The quantitative estimate of drug-likeness (QED) is 0.389. The van der Waals surface area contributed by atoms with Gasteiger partial charge in [0.2, 0.25) is 0 Å². The lowest BCUT2D eigenvalue weighted by Crippen LogP contribution is -2.38. The van der Waals surface area contributed by atoms with Gasteiger partial charge in [0, 0.05) is 20.1 Å². The molecule has 0 saturated heterocycles. The second-order valence-electron chi connectivity index (χ2n) is 6.12. The van der Waals surface area contributed by atoms with E-state index in [0.717, 1.165) is 55.2 Å². The van der Waals surface area contributed by atoms with Crippen molar-refractivity contribution in [2.75, 3.05) is 25.1 Å². The highest BCUT2D eigenvalue weighted by Gasteiger charge is 2.05. The topological polar surface area (TPSA) is 67.1 Å². The van der Waals surface area contributed by atoms with Crippen molar-refractivity contribution in [2.45, 2.75) is 46.6 Å². The Labute approximate surface area is 144 Å². The number of aromatic nitrogens is 3. The van der Waals surface area contributed by atoms with E-state index in [1.165, 1.54) is 6.42 Å². The third-order valence-corrected chi connectivity index (χ3v) is 4.33. The molecule has 0 aliphatic heterocycles. The van der Waals surface area contributed by atoms with E-state index in [1.807, 2.05) is 30.3 Å². The van der Waals surface area contributed by atoms with Crippen molar-refractivity contribution in [1.29, 1.82) is 0 Å². The van der Waals surface area contributed by atoms with Crippen molar-refractivity contribution >= 4 is 17.7 Å². The Morgan fingerprint density at radius 3 is 2.48 bits per heavy atom. The van der Waals surface area contributed by atoms with Crippen LogP contribution in [0.2, 0.25) is 0 Å². The maximum absolute atomic E-state index is 4.65. The number of thioether (sulfide) groups is 1. The number of aliphatic imine (C=N–C) groups is 1. The molecule has 2 N–H and O–H groups in total. The van der Waals surface area contributed by atoms with Gasteiger partial charge in [-0.1, -0.05) is 13.8 Å². The average Bonchev–Trinajstić information content (AvgIpc) is 2.84. The monoisotopic (exact) mass is 340 g/mol. The molecular formula is C16H32N6S. The first-order valence-electron chi connectivity index (χ1n) is 8.40. The summed E-state index contributed by atoms with van der Waals surface area (Å²) < 4.78 is 1.98. The molecule has 0 bridgehead atoms. The van der Waals surface area contributed by atoms with Crippen molar-refractivity contribution in [3.63, 3.8) is 0 Å². The van der Waals surface area contributed by atoms with Crippen LogP contribution in [0.4, 0.5) is 0 Å². The van der Waals surface area contributed by atoms with Crippen LogP contribution < -0.4 is 10.6 Å². The van der Waals surface area contributed by atoms with Gasteiger partial charge in [0.1, 0.15) is 12.4 Å². The van der Waals surface area contributed by atoms with E-state index in [1.54, 1.807) is 0 Å². The first-order chi connectivity index (χ1) is 11.0. The lowest BCUT2D eigenvalue weighted by Gasteiger charge is -2.13. The Bertz CT molecular complexity index is 469. The summed E-state index contributed by atoms with van der Waals surface area (Å²) in [5.41, 5.74) is 0. The Morgan fingerprint density at radius 2 is 1.91 bits per heavy atom. The Balaban J connectivity index is 2.50. The summed E-state index contributed by atoms with van der Waals surface area (Å²) in [5, 5.41) is 15.1. The maximum atomic E-state index is 4.65. The van der Waals surface area contributed by atoms with E-state index in [4.69, 9.17) is 0 Å². The molecule has 1 rings (SSSR count). The van der Waals surface area contributed by atoms with Crippen molar-refractivity contribution in [3.05, 3.63) is 11.6 Å². The van der Waals surface area contributed by atoms with Gasteiger partial charge in [0.15, 0.2) is 11.8 Å². The summed E-state index contributed by atoms with van der Waals surface area (Å²) in [6.45, 7) is 8.89. The van der Waals surface area contributed by atoms with Crippen molar-refractivity contribution in [3.8, 4) is 0 Å². The zero-order valence-electron chi connectivity index (χ0n) is 15.2. The highest BCUT2D eigenvalue weighted by atomic mass is 32.2. The Kier molecular flexibility index (Phi) is 9.75. The minimum absolute atomic E-state index is 0.541. The second kappa shape index (κ2) is 11.3. The standard InChI is InChI=1S/C16H32N6S/c1-13(2)8-6-9-17-16(18-10-7-11-23-5)19-12-15-21-20-14(3)22(15)4/h13H,6-12H2,1-5H3,(H2,17,18,19). The summed E-state index contributed by atoms with van der Waals surface area (Å²) >= 11 is 1.87. The third-order valence-electron chi connectivity index (χ3n) is 3.63. The minimum Gasteiger partial charge on any atom is -0.356 e. The number of hydrogen-bond acceptors (Lipinski definition) is 4. The molecule has 0 spiro atoms. The fraction of sp³-hybridized carbons (Fsp3) is 0.812. The largest absolute Gasteiger partial charge is 0.356 e. The molecule has 0 aliphatic carbocycles. The van der Waals surface area contributed by atoms with Gasteiger partial charge in [-0.3, -0.25) is 0 Å². The summed E-state index contributed by atoms with van der Waals surface area (Å²) in [4.78, 5) is 4.65. The Morgan fingerprint density at radius 1 is 1.22 bits per heavy atom. The highest BCUT2D eigenvalue weighted by Crippen LogP contribution is 2.02. The number of nitrogens with zero attached hydrogens (tertiary/aromatic N) is 4. The predicted molar refractivity (Wildman–Crippen MR) is 100.0 cm³/mol. The van der Waals surface area contributed by atoms with Gasteiger partial charge in [0.05, 0.1) is 0 Å². The summed E-state index contributed by atoms with van der Waals surface area (Å²) in [6, 6.07) is 0. The molecule has 1 heterocycles. The van der Waals surface area contributed by atoms with Crippen LogP contribution in [0.25, 0.3) is 0 Å². The molecule has 6 nitrogen and oxygen atoms in total. The van der Waals surface area contributed by atoms with Gasteiger partial charge in [-0.15, -0.1) is 10.2 Å². The van der Waals surface area contributed by atoms with E-state index in [2.05, 4.69) is 45.9 Å². The number of hydrogen-bond donors (Lipinski definition) is 2. The lowest BCUT2D eigenvalue weighted by molar-refractivity contribution is 0.549. The molecule has 0 saturated carbocycles. The second-order valence-corrected chi connectivity index (χ2v) is 7.11. The summed E-state index contributed by atoms with van der Waals surface area (Å²) in [6.07, 6.45) is 5.66. The Hall–Kier alpha value is -1.24. The zero-order chi connectivity index (χ0) is 17.1. The number of rotatable bonds is 10. The van der Waals surface area contributed by atoms with Crippen LogP contribution in [-0.2, 0) is 13.6 Å². The number of aryl methyl sites for hydroxylation is 1. The van der Waals surface area contributed by atoms with Crippen molar-refractivity contribution in [1.82, 2.24) is 25.4 Å². The van der Waals surface area contributed by atoms with E-state index in [-0.39, 0.29) is 0 Å². The van der Waals surface area contributed by atoms with Crippen LogP contribution in [0.3, 0.4) is 0 Å². The number of guanidine groups is 1. The molecule has 0 aliphatic rings. The van der Waals surface area contributed by atoms with Crippen LogP contribution in [0, 0.1) is 12.8 Å². The highest BCUT2D eigenvalue weighted by molar-refractivity contribution is 7.98. The molecule has 0 amide bonds. The molecule has 0 fully saturated rings. The molecule has 0 atom stereocenters. The summed E-state index contributed by atoms with van der Waals surface area (Å²) in [5.74, 6) is 4.57.